The molecule has 33 heavy (non-hydrogen) atoms. The normalized spacial score (nSPS) is 15.8. The minimum Gasteiger partial charge on any atom is -0.364 e. The fraction of sp³-hybridized carbons (Fsp3) is 0.250. The van der Waals surface area contributed by atoms with Crippen molar-refractivity contribution in [3.05, 3.63) is 70.8 Å². The fourth-order valence-electron chi connectivity index (χ4n) is 4.62. The molecule has 0 atom stereocenters. The van der Waals surface area contributed by atoms with Gasteiger partial charge < -0.3 is 15.5 Å². The summed E-state index contributed by atoms with van der Waals surface area (Å²) in [5, 5.41) is 4.20. The van der Waals surface area contributed by atoms with Crippen molar-refractivity contribution in [2.45, 2.75) is 26.2 Å². The predicted octanol–water partition coefficient (Wildman–Crippen LogP) is 2.75. The Bertz CT molecular complexity index is 1320. The van der Waals surface area contributed by atoms with Crippen molar-refractivity contribution < 1.29 is 18.8 Å². The molecule has 1 aromatic heterocycles. The maximum atomic E-state index is 14.5. The SMILES string of the molecule is Cc1cc(N2CCc3c(C(N)=O)nn(-c4ccccc4F)c3C2=O)ccc1N1CCCC1=O. The lowest BCUT2D eigenvalue weighted by Gasteiger charge is -2.29. The summed E-state index contributed by atoms with van der Waals surface area (Å²) in [6, 6.07) is 11.4. The Morgan fingerprint density at radius 3 is 2.48 bits per heavy atom. The van der Waals surface area contributed by atoms with Crippen LogP contribution in [0.2, 0.25) is 0 Å². The van der Waals surface area contributed by atoms with Crippen LogP contribution < -0.4 is 15.5 Å². The second kappa shape index (κ2) is 7.84. The minimum absolute atomic E-state index is 0.0275. The molecule has 0 spiro atoms. The highest BCUT2D eigenvalue weighted by Gasteiger charge is 2.35. The number of hydrogen-bond donors (Lipinski definition) is 1. The lowest BCUT2D eigenvalue weighted by atomic mass is 10.0. The number of rotatable bonds is 4. The first-order chi connectivity index (χ1) is 15.9. The number of carbonyl (C=O) groups is 3. The van der Waals surface area contributed by atoms with Crippen LogP contribution in [0, 0.1) is 12.7 Å². The Hall–Kier alpha value is -4.01. The summed E-state index contributed by atoms with van der Waals surface area (Å²) in [6.07, 6.45) is 1.71. The van der Waals surface area contributed by atoms with E-state index in [0.717, 1.165) is 17.7 Å². The minimum atomic E-state index is -0.766. The molecule has 0 radical (unpaired) electrons. The molecule has 1 saturated heterocycles. The number of nitrogens with zero attached hydrogens (tertiary/aromatic N) is 4. The van der Waals surface area contributed by atoms with Crippen molar-refractivity contribution >= 4 is 29.1 Å². The second-order valence-electron chi connectivity index (χ2n) is 8.23. The van der Waals surface area contributed by atoms with Crippen LogP contribution in [-0.2, 0) is 11.2 Å². The van der Waals surface area contributed by atoms with E-state index in [2.05, 4.69) is 5.10 Å². The third-order valence-electron chi connectivity index (χ3n) is 6.19. The van der Waals surface area contributed by atoms with Gasteiger partial charge >= 0.3 is 0 Å². The molecule has 0 saturated carbocycles. The lowest BCUT2D eigenvalue weighted by Crippen LogP contribution is -2.39. The monoisotopic (exact) mass is 447 g/mol. The molecule has 5 rings (SSSR count). The largest absolute Gasteiger partial charge is 0.364 e. The van der Waals surface area contributed by atoms with E-state index in [0.29, 0.717) is 37.2 Å². The molecule has 2 aliphatic rings. The van der Waals surface area contributed by atoms with Gasteiger partial charge in [-0.05, 0) is 55.7 Å². The zero-order chi connectivity index (χ0) is 23.3. The highest BCUT2D eigenvalue weighted by molar-refractivity contribution is 6.09. The Balaban J connectivity index is 1.56. The number of carbonyl (C=O) groups excluding carboxylic acids is 3. The molecule has 2 N–H and O–H groups in total. The van der Waals surface area contributed by atoms with Gasteiger partial charge in [0.15, 0.2) is 5.69 Å². The smallest absolute Gasteiger partial charge is 0.277 e. The number of halogens is 1. The molecule has 8 nitrogen and oxygen atoms in total. The van der Waals surface area contributed by atoms with Crippen LogP contribution in [0.25, 0.3) is 5.69 Å². The predicted molar refractivity (Wildman–Crippen MR) is 120 cm³/mol. The zero-order valence-corrected chi connectivity index (χ0v) is 18.0. The number of anilines is 2. The highest BCUT2D eigenvalue weighted by Crippen LogP contribution is 2.33. The van der Waals surface area contributed by atoms with E-state index in [9.17, 15) is 18.8 Å². The van der Waals surface area contributed by atoms with E-state index < -0.39 is 17.6 Å². The number of amides is 3. The molecule has 3 amide bonds. The summed E-state index contributed by atoms with van der Waals surface area (Å²) in [5.41, 5.74) is 8.44. The summed E-state index contributed by atoms with van der Waals surface area (Å²) >= 11 is 0. The Labute approximate surface area is 189 Å². The van der Waals surface area contributed by atoms with Gasteiger partial charge in [0.1, 0.15) is 17.2 Å². The number of aromatic nitrogens is 2. The van der Waals surface area contributed by atoms with Crippen LogP contribution in [0.15, 0.2) is 42.5 Å². The van der Waals surface area contributed by atoms with E-state index in [1.165, 1.54) is 22.9 Å². The number of nitrogens with two attached hydrogens (primary N) is 1. The van der Waals surface area contributed by atoms with Crippen LogP contribution in [0.4, 0.5) is 15.8 Å². The summed E-state index contributed by atoms with van der Waals surface area (Å²) in [6.45, 7) is 2.90. The van der Waals surface area contributed by atoms with Gasteiger partial charge in [0.25, 0.3) is 11.8 Å². The Kier molecular flexibility index (Phi) is 4.96. The lowest BCUT2D eigenvalue weighted by molar-refractivity contribution is -0.117. The van der Waals surface area contributed by atoms with Crippen LogP contribution in [0.3, 0.4) is 0 Å². The number of aryl methyl sites for hydroxylation is 1. The summed E-state index contributed by atoms with van der Waals surface area (Å²) < 4.78 is 15.7. The molecular weight excluding hydrogens is 425 g/mol. The standard InChI is InChI=1S/C24H22FN5O3/c1-14-13-15(8-9-18(14)29-11-4-7-20(29)31)28-12-10-16-21(23(26)32)27-30(22(16)24(28)33)19-6-3-2-5-17(19)25/h2-3,5-6,8-9,13H,4,7,10-12H2,1H3,(H2,26,32). The number of hydrogen-bond acceptors (Lipinski definition) is 4. The van der Waals surface area contributed by atoms with Gasteiger partial charge in [-0.3, -0.25) is 14.4 Å². The molecule has 0 aliphatic carbocycles. The van der Waals surface area contributed by atoms with E-state index in [-0.39, 0.29) is 23.0 Å². The summed E-state index contributed by atoms with van der Waals surface area (Å²) in [7, 11) is 0. The first-order valence-corrected chi connectivity index (χ1v) is 10.8. The maximum Gasteiger partial charge on any atom is 0.277 e. The van der Waals surface area contributed by atoms with E-state index >= 15 is 0 Å². The zero-order valence-electron chi connectivity index (χ0n) is 18.0. The van der Waals surface area contributed by atoms with E-state index in [4.69, 9.17) is 5.73 Å². The van der Waals surface area contributed by atoms with Gasteiger partial charge in [0, 0.05) is 36.4 Å². The number of fused-ring (bicyclic) bond motifs is 1. The fourth-order valence-corrected chi connectivity index (χ4v) is 4.62. The summed E-state index contributed by atoms with van der Waals surface area (Å²) in [4.78, 5) is 41.1. The Morgan fingerprint density at radius 1 is 1.03 bits per heavy atom. The van der Waals surface area contributed by atoms with Crippen LogP contribution >= 0.6 is 0 Å². The van der Waals surface area contributed by atoms with Crippen LogP contribution in [-0.4, -0.2) is 40.6 Å². The van der Waals surface area contributed by atoms with E-state index in [1.807, 2.05) is 19.1 Å². The van der Waals surface area contributed by atoms with E-state index in [1.54, 1.807) is 21.9 Å². The molecule has 3 heterocycles. The van der Waals surface area contributed by atoms with Gasteiger partial charge in [-0.25, -0.2) is 9.07 Å². The molecule has 0 bridgehead atoms. The maximum absolute atomic E-state index is 14.5. The van der Waals surface area contributed by atoms with Crippen molar-refractivity contribution in [2.75, 3.05) is 22.9 Å². The molecule has 168 valence electrons. The van der Waals surface area contributed by atoms with Crippen LogP contribution in [0.5, 0.6) is 0 Å². The van der Waals surface area contributed by atoms with Gasteiger partial charge in [0.05, 0.1) is 0 Å². The third kappa shape index (κ3) is 3.36. The average molecular weight is 447 g/mol. The van der Waals surface area contributed by atoms with Gasteiger partial charge in [0.2, 0.25) is 5.91 Å². The number of primary amides is 1. The molecule has 1 fully saturated rings. The molecule has 2 aliphatic heterocycles. The number of para-hydroxylation sites is 1. The summed E-state index contributed by atoms with van der Waals surface area (Å²) in [5.74, 6) is -1.64. The van der Waals surface area contributed by atoms with Crippen molar-refractivity contribution in [3.63, 3.8) is 0 Å². The first kappa shape index (κ1) is 20.9. The molecule has 0 unspecified atom stereocenters. The van der Waals surface area contributed by atoms with Crippen LogP contribution in [0.1, 0.15) is 44.9 Å². The Morgan fingerprint density at radius 2 is 1.82 bits per heavy atom. The second-order valence-corrected chi connectivity index (χ2v) is 8.23. The molecular formula is C24H22FN5O3. The van der Waals surface area contributed by atoms with Crippen molar-refractivity contribution in [2.24, 2.45) is 5.73 Å². The van der Waals surface area contributed by atoms with Crippen molar-refractivity contribution in [3.8, 4) is 5.69 Å². The molecule has 9 heteroatoms. The third-order valence-corrected chi connectivity index (χ3v) is 6.19. The van der Waals surface area contributed by atoms with Crippen molar-refractivity contribution in [1.82, 2.24) is 9.78 Å². The highest BCUT2D eigenvalue weighted by atomic mass is 19.1. The van der Waals surface area contributed by atoms with Gasteiger partial charge in [-0.2, -0.15) is 5.10 Å². The quantitative estimate of drug-likeness (QED) is 0.664. The first-order valence-electron chi connectivity index (χ1n) is 10.8. The molecule has 2 aromatic carbocycles. The van der Waals surface area contributed by atoms with Crippen molar-refractivity contribution in [1.29, 1.82) is 0 Å². The number of benzene rings is 2. The average Bonchev–Trinajstić information content (AvgIpc) is 3.38. The molecule has 3 aromatic rings. The van der Waals surface area contributed by atoms with Gasteiger partial charge in [-0.1, -0.05) is 12.1 Å². The topological polar surface area (TPSA) is 102 Å². The van der Waals surface area contributed by atoms with Gasteiger partial charge in [-0.15, -0.1) is 0 Å².